The monoisotopic (exact) mass is 414 g/mol. The van der Waals surface area contributed by atoms with E-state index in [4.69, 9.17) is 24.4 Å². The predicted octanol–water partition coefficient (Wildman–Crippen LogP) is 0.401. The second-order valence-corrected chi connectivity index (χ2v) is 7.40. The summed E-state index contributed by atoms with van der Waals surface area (Å²) >= 11 is 0. The van der Waals surface area contributed by atoms with Crippen LogP contribution in [0.25, 0.3) is 0 Å². The number of alkyl carbamates (subject to hydrolysis) is 1. The Balaban J connectivity index is 3.03. The molecule has 0 aromatic heterocycles. The Bertz CT molecular complexity index is 657. The van der Waals surface area contributed by atoms with Crippen LogP contribution in [0.5, 0.6) is 0 Å². The van der Waals surface area contributed by atoms with Crippen LogP contribution in [0.15, 0.2) is 11.6 Å². The van der Waals surface area contributed by atoms with Crippen LogP contribution in [0, 0.1) is 5.41 Å². The summed E-state index contributed by atoms with van der Waals surface area (Å²) < 4.78 is 20.4. The highest BCUT2D eigenvalue weighted by Crippen LogP contribution is 2.23. The fourth-order valence-corrected chi connectivity index (χ4v) is 2.72. The molecule has 0 heterocycles. The Morgan fingerprint density at radius 3 is 2.38 bits per heavy atom. The topological polar surface area (TPSA) is 148 Å². The molecular weight excluding hydrogens is 384 g/mol. The number of hydrogen-bond acceptors (Lipinski definition) is 8. The molecule has 29 heavy (non-hydrogen) atoms. The van der Waals surface area contributed by atoms with E-state index in [0.717, 1.165) is 0 Å². The van der Waals surface area contributed by atoms with Crippen molar-refractivity contribution >= 4 is 23.9 Å². The van der Waals surface area contributed by atoms with Gasteiger partial charge >= 0.3 is 12.1 Å². The first-order valence-corrected chi connectivity index (χ1v) is 8.98. The zero-order chi connectivity index (χ0) is 22.2. The lowest BCUT2D eigenvalue weighted by Gasteiger charge is -2.37. The van der Waals surface area contributed by atoms with E-state index < -0.39 is 35.9 Å². The molecule has 0 radical (unpaired) electrons. The van der Waals surface area contributed by atoms with Gasteiger partial charge in [0.25, 0.3) is 0 Å². The highest BCUT2D eigenvalue weighted by atomic mass is 16.7. The summed E-state index contributed by atoms with van der Waals surface area (Å²) in [6, 6.07) is -1.39. The summed E-state index contributed by atoms with van der Waals surface area (Å²) in [6.45, 7) is 6.37. The average Bonchev–Trinajstić information content (AvgIpc) is 2.58. The molecule has 0 fully saturated rings. The molecule has 3 atom stereocenters. The molecular formula is C18H30N4O7. The van der Waals surface area contributed by atoms with E-state index in [1.165, 1.54) is 27.2 Å². The Labute approximate surface area is 170 Å². The normalized spacial score (nSPS) is 21.4. The van der Waals surface area contributed by atoms with Gasteiger partial charge in [-0.2, -0.15) is 0 Å². The fourth-order valence-electron chi connectivity index (χ4n) is 2.72. The molecule has 0 aromatic carbocycles. The van der Waals surface area contributed by atoms with Crippen molar-refractivity contribution in [1.82, 2.24) is 16.0 Å². The lowest BCUT2D eigenvalue weighted by molar-refractivity contribution is -0.138. The number of carbonyl (C=O) groups excluding carboxylic acids is 3. The number of esters is 1. The van der Waals surface area contributed by atoms with Gasteiger partial charge in [-0.25, -0.2) is 9.59 Å². The molecule has 11 nitrogen and oxygen atoms in total. The molecule has 0 aromatic rings. The van der Waals surface area contributed by atoms with Crippen LogP contribution in [0.4, 0.5) is 4.79 Å². The molecule has 1 rings (SSSR count). The number of hydrogen-bond donors (Lipinski definition) is 4. The summed E-state index contributed by atoms with van der Waals surface area (Å²) in [4.78, 5) is 35.6. The van der Waals surface area contributed by atoms with Gasteiger partial charge in [0.2, 0.25) is 5.91 Å². The van der Waals surface area contributed by atoms with Crippen LogP contribution >= 0.6 is 0 Å². The number of amides is 2. The number of guanidine groups is 1. The second-order valence-electron chi connectivity index (χ2n) is 7.40. The lowest BCUT2D eigenvalue weighted by Crippen LogP contribution is -2.60. The van der Waals surface area contributed by atoms with E-state index in [0.29, 0.717) is 5.57 Å². The number of rotatable bonds is 6. The fraction of sp³-hybridized carbons (Fsp3) is 0.667. The molecule has 0 spiro atoms. The van der Waals surface area contributed by atoms with E-state index in [-0.39, 0.29) is 25.1 Å². The minimum absolute atomic E-state index is 0.0600. The quantitative estimate of drug-likeness (QED) is 0.211. The Morgan fingerprint density at radius 2 is 1.86 bits per heavy atom. The zero-order valence-corrected chi connectivity index (χ0v) is 17.6. The van der Waals surface area contributed by atoms with Crippen molar-refractivity contribution in [2.24, 2.45) is 0 Å². The van der Waals surface area contributed by atoms with Crippen LogP contribution in [-0.4, -0.2) is 68.7 Å². The second kappa shape index (κ2) is 10.8. The molecule has 0 saturated heterocycles. The first-order valence-electron chi connectivity index (χ1n) is 8.98. The summed E-state index contributed by atoms with van der Waals surface area (Å²) in [5.74, 6) is -1.25. The van der Waals surface area contributed by atoms with E-state index in [9.17, 15) is 14.4 Å². The minimum Gasteiger partial charge on any atom is -0.466 e. The van der Waals surface area contributed by atoms with Gasteiger partial charge in [0, 0.05) is 26.0 Å². The van der Waals surface area contributed by atoms with Gasteiger partial charge < -0.3 is 29.6 Å². The number of carbonyl (C=O) groups is 3. The Kier molecular flexibility index (Phi) is 9.05. The van der Waals surface area contributed by atoms with Gasteiger partial charge in [-0.15, -0.1) is 0 Å². The molecule has 2 amide bonds. The van der Waals surface area contributed by atoms with Crippen molar-refractivity contribution in [1.29, 1.82) is 5.41 Å². The third-order valence-electron chi connectivity index (χ3n) is 3.74. The molecule has 0 aliphatic heterocycles. The van der Waals surface area contributed by atoms with Crippen molar-refractivity contribution in [3.05, 3.63) is 11.6 Å². The van der Waals surface area contributed by atoms with E-state index in [1.807, 2.05) is 0 Å². The van der Waals surface area contributed by atoms with Crippen LogP contribution in [0.1, 0.15) is 34.1 Å². The van der Waals surface area contributed by atoms with Crippen LogP contribution in [-0.2, 0) is 28.5 Å². The SMILES string of the molecule is COCO[C@H]1CC(C(=O)OC)=C[C@@H](NC(=N)NC(=O)OC(C)(C)C)[C@H]1NC(C)=O. The first-order chi connectivity index (χ1) is 13.5. The van der Waals surface area contributed by atoms with Crippen molar-refractivity contribution < 1.29 is 33.3 Å². The molecule has 164 valence electrons. The maximum Gasteiger partial charge on any atom is 0.414 e. The van der Waals surface area contributed by atoms with Crippen LogP contribution in [0.2, 0.25) is 0 Å². The van der Waals surface area contributed by atoms with Crippen LogP contribution < -0.4 is 16.0 Å². The molecule has 0 bridgehead atoms. The number of nitrogens with one attached hydrogen (secondary N) is 4. The maximum absolute atomic E-state index is 12.0. The predicted molar refractivity (Wildman–Crippen MR) is 103 cm³/mol. The van der Waals surface area contributed by atoms with Gasteiger partial charge in [0.1, 0.15) is 12.4 Å². The van der Waals surface area contributed by atoms with Crippen molar-refractivity contribution in [2.45, 2.75) is 57.9 Å². The van der Waals surface area contributed by atoms with E-state index in [2.05, 4.69) is 16.0 Å². The third-order valence-corrected chi connectivity index (χ3v) is 3.74. The molecule has 11 heteroatoms. The van der Waals surface area contributed by atoms with E-state index >= 15 is 0 Å². The number of ether oxygens (including phenoxy) is 4. The Hall–Kier alpha value is -2.66. The standard InChI is InChI=1S/C18H30N4O7/c1-10(23)20-14-12(21-16(19)22-17(25)29-18(2,3)4)7-11(15(24)27-6)8-13(14)28-9-26-5/h7,12-14H,8-9H2,1-6H3,(H,20,23)(H3,19,21,22,25)/t12-,13+,14-/m1/s1. The van der Waals surface area contributed by atoms with E-state index in [1.54, 1.807) is 20.8 Å². The van der Waals surface area contributed by atoms with Crippen LogP contribution in [0.3, 0.4) is 0 Å². The molecule has 0 saturated carbocycles. The third kappa shape index (κ3) is 8.48. The molecule has 4 N–H and O–H groups in total. The van der Waals surface area contributed by atoms with Crippen molar-refractivity contribution in [3.63, 3.8) is 0 Å². The van der Waals surface area contributed by atoms with Gasteiger partial charge in [-0.05, 0) is 26.8 Å². The maximum atomic E-state index is 12.0. The molecule has 1 aliphatic carbocycles. The Morgan fingerprint density at radius 1 is 1.21 bits per heavy atom. The molecule has 1 aliphatic rings. The first kappa shape index (κ1) is 24.4. The lowest BCUT2D eigenvalue weighted by atomic mass is 9.88. The highest BCUT2D eigenvalue weighted by Gasteiger charge is 2.37. The number of methoxy groups -OCH3 is 2. The highest BCUT2D eigenvalue weighted by molar-refractivity contribution is 5.93. The minimum atomic E-state index is -0.814. The molecule has 0 unspecified atom stereocenters. The van der Waals surface area contributed by atoms with Gasteiger partial charge in [0.05, 0.1) is 25.3 Å². The van der Waals surface area contributed by atoms with Crippen molar-refractivity contribution in [3.8, 4) is 0 Å². The summed E-state index contributed by atoms with van der Waals surface area (Å²) in [6.07, 6.45) is 0.257. The van der Waals surface area contributed by atoms with Gasteiger partial charge in [0.15, 0.2) is 5.96 Å². The average molecular weight is 414 g/mol. The summed E-state index contributed by atoms with van der Waals surface area (Å²) in [5, 5.41) is 15.8. The summed E-state index contributed by atoms with van der Waals surface area (Å²) in [7, 11) is 2.70. The van der Waals surface area contributed by atoms with Gasteiger partial charge in [-0.3, -0.25) is 15.5 Å². The smallest absolute Gasteiger partial charge is 0.414 e. The zero-order valence-electron chi connectivity index (χ0n) is 17.6. The van der Waals surface area contributed by atoms with Gasteiger partial charge in [-0.1, -0.05) is 0 Å². The van der Waals surface area contributed by atoms with Crippen molar-refractivity contribution in [2.75, 3.05) is 21.0 Å². The largest absolute Gasteiger partial charge is 0.466 e. The summed E-state index contributed by atoms with van der Waals surface area (Å²) in [5.41, 5.74) is -0.428.